The van der Waals surface area contributed by atoms with Gasteiger partial charge in [0.25, 0.3) is 0 Å². The average Bonchev–Trinajstić information content (AvgIpc) is 3.36. The maximum Gasteiger partial charge on any atom is 0.157 e. The number of nitrogens with zero attached hydrogens (tertiary/aromatic N) is 3. The predicted octanol–water partition coefficient (Wildman–Crippen LogP) is 5.21. The molecule has 6 atom stereocenters. The number of aromatic amines is 1. The van der Waals surface area contributed by atoms with Crippen molar-refractivity contribution < 1.29 is 9.59 Å². The number of Topliss-reactive ketones (excluding diaryl/α,β-unsaturated/α-hetero) is 1. The number of carbonyl (C=O) groups excluding carboxylic acids is 2. The van der Waals surface area contributed by atoms with Crippen LogP contribution in [0.3, 0.4) is 0 Å². The molecule has 2 aromatic heterocycles. The van der Waals surface area contributed by atoms with Gasteiger partial charge in [0.2, 0.25) is 0 Å². The van der Waals surface area contributed by atoms with Crippen molar-refractivity contribution in [2.75, 3.05) is 0 Å². The third-order valence-electron chi connectivity index (χ3n) is 10.1. The van der Waals surface area contributed by atoms with Crippen molar-refractivity contribution in [3.8, 4) is 0 Å². The lowest BCUT2D eigenvalue weighted by molar-refractivity contribution is -0.131. The number of carbonyl (C=O) groups is 2. The lowest BCUT2D eigenvalue weighted by Crippen LogP contribution is -2.51. The molecule has 0 amide bonds. The quantitative estimate of drug-likeness (QED) is 0.631. The summed E-state index contributed by atoms with van der Waals surface area (Å²) < 4.78 is 2.36. The summed E-state index contributed by atoms with van der Waals surface area (Å²) in [7, 11) is 0. The first-order valence-corrected chi connectivity index (χ1v) is 12.9. The smallest absolute Gasteiger partial charge is 0.157 e. The second kappa shape index (κ2) is 7.42. The third-order valence-corrected chi connectivity index (χ3v) is 10.4. The van der Waals surface area contributed by atoms with Crippen LogP contribution in [0.15, 0.2) is 24.3 Å². The van der Waals surface area contributed by atoms with Gasteiger partial charge in [0, 0.05) is 12.3 Å². The van der Waals surface area contributed by atoms with Gasteiger partial charge in [-0.25, -0.2) is 9.97 Å². The van der Waals surface area contributed by atoms with E-state index in [1.807, 2.05) is 10.6 Å². The number of imidazole rings is 1. The Hall–Kier alpha value is -2.15. The fraction of sp³-hybridized carbons (Fsp3) is 0.654. The predicted molar refractivity (Wildman–Crippen MR) is 128 cm³/mol. The Morgan fingerprint density at radius 2 is 2.00 bits per heavy atom. The van der Waals surface area contributed by atoms with Crippen LogP contribution >= 0.6 is 12.2 Å². The van der Waals surface area contributed by atoms with Crippen LogP contribution in [-0.2, 0) is 16.1 Å². The van der Waals surface area contributed by atoms with Gasteiger partial charge in [-0.2, -0.15) is 0 Å². The van der Waals surface area contributed by atoms with E-state index in [1.165, 1.54) is 18.4 Å². The van der Waals surface area contributed by atoms with Crippen LogP contribution in [0.2, 0.25) is 0 Å². The van der Waals surface area contributed by atoms with E-state index < -0.39 is 0 Å². The number of fused-ring (bicyclic) bond motifs is 6. The second-order valence-electron chi connectivity index (χ2n) is 11.4. The molecule has 6 rings (SSSR count). The van der Waals surface area contributed by atoms with Crippen molar-refractivity contribution in [2.24, 2.45) is 34.5 Å². The number of aromatic nitrogens is 4. The molecule has 0 aromatic carbocycles. The first kappa shape index (κ1) is 21.4. The van der Waals surface area contributed by atoms with Crippen LogP contribution in [-0.4, -0.2) is 31.1 Å². The van der Waals surface area contributed by atoms with Crippen molar-refractivity contribution >= 4 is 34.9 Å². The van der Waals surface area contributed by atoms with Crippen molar-refractivity contribution in [3.63, 3.8) is 0 Å². The maximum absolute atomic E-state index is 13.6. The zero-order chi connectivity index (χ0) is 23.0. The molecule has 33 heavy (non-hydrogen) atoms. The van der Waals surface area contributed by atoms with Crippen LogP contribution in [0, 0.1) is 39.1 Å². The van der Waals surface area contributed by atoms with Gasteiger partial charge in [-0.1, -0.05) is 31.6 Å². The van der Waals surface area contributed by atoms with E-state index in [9.17, 15) is 9.59 Å². The minimum absolute atomic E-state index is 0.0745. The molecular formula is C26H32N4O2S. The fourth-order valence-electron chi connectivity index (χ4n) is 8.39. The minimum atomic E-state index is 0.0745. The number of ketones is 2. The van der Waals surface area contributed by atoms with Gasteiger partial charge in [-0.05, 0) is 79.6 Å². The largest absolute Gasteiger partial charge is 0.330 e. The number of nitrogens with one attached hydrogen (secondary N) is 1. The summed E-state index contributed by atoms with van der Waals surface area (Å²) >= 11 is 5.28. The summed E-state index contributed by atoms with van der Waals surface area (Å²) in [5.41, 5.74) is 3.10. The van der Waals surface area contributed by atoms with Crippen LogP contribution in [0.4, 0.5) is 0 Å². The maximum atomic E-state index is 13.6. The van der Waals surface area contributed by atoms with E-state index >= 15 is 0 Å². The SMILES string of the molecule is C[C@]12CC[C@H]3[C@@H](CCC4=CC(=O)CC[C@@]43C)[C@@H]1CC[C@@H]2C(=O)Cn1cnc2c(=S)nc[nH]c21. The summed E-state index contributed by atoms with van der Waals surface area (Å²) in [6.45, 7) is 5.15. The highest BCUT2D eigenvalue weighted by molar-refractivity contribution is 7.71. The van der Waals surface area contributed by atoms with E-state index in [0.29, 0.717) is 52.4 Å². The number of hydrogen-bond acceptors (Lipinski definition) is 5. The van der Waals surface area contributed by atoms with Crippen molar-refractivity contribution in [1.82, 2.24) is 19.5 Å². The molecule has 3 saturated carbocycles. The van der Waals surface area contributed by atoms with Crippen LogP contribution in [0.25, 0.3) is 11.2 Å². The molecular weight excluding hydrogens is 432 g/mol. The zero-order valence-electron chi connectivity index (χ0n) is 19.5. The van der Waals surface area contributed by atoms with E-state index in [4.69, 9.17) is 12.2 Å². The molecule has 0 radical (unpaired) electrons. The standard InChI is InChI=1S/C26H32N4O2S/c1-25-9-7-16(31)11-15(25)3-4-17-18-5-6-20(26(18,2)10-8-19(17)25)21(32)12-30-14-29-22-23(30)27-13-28-24(22)33/h11,13-14,17-20H,3-10,12H2,1-2H3,(H,27,28,33)/t17-,18-,19-,20+,25-,26-/m0/s1. The molecule has 6 nitrogen and oxygen atoms in total. The fourth-order valence-corrected chi connectivity index (χ4v) is 8.59. The minimum Gasteiger partial charge on any atom is -0.330 e. The number of hydrogen-bond donors (Lipinski definition) is 1. The molecule has 0 aliphatic heterocycles. The van der Waals surface area contributed by atoms with Gasteiger partial charge in [-0.3, -0.25) is 9.59 Å². The summed E-state index contributed by atoms with van der Waals surface area (Å²) in [4.78, 5) is 37.3. The Morgan fingerprint density at radius 1 is 1.15 bits per heavy atom. The second-order valence-corrected chi connectivity index (χ2v) is 11.8. The third kappa shape index (κ3) is 3.07. The highest BCUT2D eigenvalue weighted by Crippen LogP contribution is 2.66. The Kier molecular flexibility index (Phi) is 4.81. The molecule has 0 saturated heterocycles. The molecule has 2 heterocycles. The van der Waals surface area contributed by atoms with E-state index in [0.717, 1.165) is 37.8 Å². The summed E-state index contributed by atoms with van der Waals surface area (Å²) in [5.74, 6) is 2.67. The summed E-state index contributed by atoms with van der Waals surface area (Å²) in [6.07, 6.45) is 13.6. The molecule has 174 valence electrons. The Balaban J connectivity index is 1.25. The van der Waals surface area contributed by atoms with Crippen LogP contribution in [0.1, 0.15) is 65.2 Å². The molecule has 3 fully saturated rings. The normalized spacial score (nSPS) is 37.9. The lowest BCUT2D eigenvalue weighted by atomic mass is 9.46. The Labute approximate surface area is 199 Å². The highest BCUT2D eigenvalue weighted by Gasteiger charge is 2.60. The molecule has 4 aliphatic rings. The van der Waals surface area contributed by atoms with Gasteiger partial charge in [0.15, 0.2) is 16.2 Å². The van der Waals surface area contributed by atoms with Crippen LogP contribution < -0.4 is 0 Å². The first-order chi connectivity index (χ1) is 15.8. The molecule has 2 aromatic rings. The summed E-state index contributed by atoms with van der Waals surface area (Å²) in [6, 6.07) is 0. The molecule has 0 spiro atoms. The zero-order valence-corrected chi connectivity index (χ0v) is 20.3. The monoisotopic (exact) mass is 464 g/mol. The molecule has 0 bridgehead atoms. The molecule has 7 heteroatoms. The molecule has 4 aliphatic carbocycles. The van der Waals surface area contributed by atoms with Gasteiger partial charge < -0.3 is 9.55 Å². The van der Waals surface area contributed by atoms with Crippen LogP contribution in [0.5, 0.6) is 0 Å². The van der Waals surface area contributed by atoms with Gasteiger partial charge in [0.05, 0.1) is 19.2 Å². The van der Waals surface area contributed by atoms with Crippen molar-refractivity contribution in [3.05, 3.63) is 28.9 Å². The highest BCUT2D eigenvalue weighted by atomic mass is 32.1. The van der Waals surface area contributed by atoms with E-state index in [-0.39, 0.29) is 16.7 Å². The lowest BCUT2D eigenvalue weighted by Gasteiger charge is -2.58. The van der Waals surface area contributed by atoms with Gasteiger partial charge in [0.1, 0.15) is 11.2 Å². The van der Waals surface area contributed by atoms with Crippen molar-refractivity contribution in [1.29, 1.82) is 0 Å². The summed E-state index contributed by atoms with van der Waals surface area (Å²) in [5, 5.41) is 0. The number of rotatable bonds is 3. The topological polar surface area (TPSA) is 80.6 Å². The number of allylic oxidation sites excluding steroid dienone is 1. The van der Waals surface area contributed by atoms with Gasteiger partial charge >= 0.3 is 0 Å². The molecule has 0 unspecified atom stereocenters. The van der Waals surface area contributed by atoms with E-state index in [2.05, 4.69) is 28.8 Å². The van der Waals surface area contributed by atoms with E-state index in [1.54, 1.807) is 12.7 Å². The Morgan fingerprint density at radius 3 is 2.85 bits per heavy atom. The molecule has 1 N–H and O–H groups in total. The number of H-pyrrole nitrogens is 1. The average molecular weight is 465 g/mol. The van der Waals surface area contributed by atoms with Crippen molar-refractivity contribution in [2.45, 2.75) is 71.8 Å². The first-order valence-electron chi connectivity index (χ1n) is 12.5. The van der Waals surface area contributed by atoms with Gasteiger partial charge in [-0.15, -0.1) is 0 Å². The Bertz CT molecular complexity index is 1240.